The van der Waals surface area contributed by atoms with Crippen LogP contribution in [-0.4, -0.2) is 53.1 Å². The molecule has 3 rings (SSSR count). The predicted octanol–water partition coefficient (Wildman–Crippen LogP) is 2.49. The standard InChI is InChI=1S/C16H21F3N4O/c17-16(18,19)10-14(24)23-9-4-13(11-23)12-2-7-22(8-3-12)15-20-5-1-6-21-15/h1,5-6,12-13H,2-4,7-11H2/t13-/m0/s1. The Hall–Kier alpha value is -1.86. The summed E-state index contributed by atoms with van der Waals surface area (Å²) < 4.78 is 37.1. The first-order valence-corrected chi connectivity index (χ1v) is 8.29. The van der Waals surface area contributed by atoms with Gasteiger partial charge in [0.15, 0.2) is 0 Å². The van der Waals surface area contributed by atoms with Crippen molar-refractivity contribution in [2.75, 3.05) is 31.1 Å². The molecular weight excluding hydrogens is 321 g/mol. The topological polar surface area (TPSA) is 49.3 Å². The van der Waals surface area contributed by atoms with Gasteiger partial charge < -0.3 is 9.80 Å². The Kier molecular flexibility index (Phi) is 4.91. The van der Waals surface area contributed by atoms with E-state index in [2.05, 4.69) is 14.9 Å². The fourth-order valence-corrected chi connectivity index (χ4v) is 3.71. The summed E-state index contributed by atoms with van der Waals surface area (Å²) in [7, 11) is 0. The summed E-state index contributed by atoms with van der Waals surface area (Å²) in [6.45, 7) is 2.60. The van der Waals surface area contributed by atoms with E-state index in [9.17, 15) is 18.0 Å². The predicted molar refractivity (Wildman–Crippen MR) is 82.3 cm³/mol. The second-order valence-corrected chi connectivity index (χ2v) is 6.55. The highest BCUT2D eigenvalue weighted by Gasteiger charge is 2.38. The number of amides is 1. The lowest BCUT2D eigenvalue weighted by atomic mass is 9.84. The highest BCUT2D eigenvalue weighted by molar-refractivity contribution is 5.77. The van der Waals surface area contributed by atoms with Gasteiger partial charge in [0.1, 0.15) is 6.42 Å². The van der Waals surface area contributed by atoms with Gasteiger partial charge in [-0.15, -0.1) is 0 Å². The van der Waals surface area contributed by atoms with Crippen LogP contribution in [0.25, 0.3) is 0 Å². The van der Waals surface area contributed by atoms with Crippen molar-refractivity contribution in [1.29, 1.82) is 0 Å². The van der Waals surface area contributed by atoms with Crippen molar-refractivity contribution in [1.82, 2.24) is 14.9 Å². The molecule has 5 nitrogen and oxygen atoms in total. The van der Waals surface area contributed by atoms with Crippen LogP contribution in [0.2, 0.25) is 0 Å². The van der Waals surface area contributed by atoms with Gasteiger partial charge in [-0.05, 0) is 37.2 Å². The van der Waals surface area contributed by atoms with Crippen LogP contribution >= 0.6 is 0 Å². The molecule has 0 aromatic carbocycles. The lowest BCUT2D eigenvalue weighted by Gasteiger charge is -2.34. The number of anilines is 1. The first-order valence-electron chi connectivity index (χ1n) is 8.29. The first-order chi connectivity index (χ1) is 11.4. The van der Waals surface area contributed by atoms with Gasteiger partial charge in [-0.3, -0.25) is 4.79 Å². The molecule has 2 aliphatic rings. The van der Waals surface area contributed by atoms with Crippen molar-refractivity contribution in [2.45, 2.75) is 31.9 Å². The van der Waals surface area contributed by atoms with Gasteiger partial charge in [0.25, 0.3) is 0 Å². The largest absolute Gasteiger partial charge is 0.397 e. The van der Waals surface area contributed by atoms with Gasteiger partial charge >= 0.3 is 6.18 Å². The van der Waals surface area contributed by atoms with Crippen LogP contribution in [0.3, 0.4) is 0 Å². The molecule has 0 radical (unpaired) electrons. The monoisotopic (exact) mass is 342 g/mol. The zero-order valence-corrected chi connectivity index (χ0v) is 13.4. The summed E-state index contributed by atoms with van der Waals surface area (Å²) in [6.07, 6.45) is 0.398. The van der Waals surface area contributed by atoms with Crippen molar-refractivity contribution in [3.05, 3.63) is 18.5 Å². The quantitative estimate of drug-likeness (QED) is 0.847. The van der Waals surface area contributed by atoms with Gasteiger partial charge in [-0.25, -0.2) is 9.97 Å². The molecule has 24 heavy (non-hydrogen) atoms. The molecule has 1 amide bonds. The Morgan fingerprint density at radius 1 is 1.08 bits per heavy atom. The number of rotatable bonds is 3. The van der Waals surface area contributed by atoms with E-state index in [4.69, 9.17) is 0 Å². The molecule has 0 spiro atoms. The van der Waals surface area contributed by atoms with E-state index in [1.807, 2.05) is 0 Å². The molecule has 0 aliphatic carbocycles. The Labute approximate surface area is 138 Å². The van der Waals surface area contributed by atoms with Crippen LogP contribution in [0, 0.1) is 11.8 Å². The van der Waals surface area contributed by atoms with Crippen LogP contribution in [-0.2, 0) is 4.79 Å². The molecule has 132 valence electrons. The Morgan fingerprint density at radius 3 is 2.33 bits per heavy atom. The van der Waals surface area contributed by atoms with Gasteiger partial charge in [0.2, 0.25) is 11.9 Å². The number of nitrogens with zero attached hydrogens (tertiary/aromatic N) is 4. The average Bonchev–Trinajstić information content (AvgIpc) is 3.04. The molecule has 2 aliphatic heterocycles. The van der Waals surface area contributed by atoms with Crippen molar-refractivity contribution in [2.24, 2.45) is 11.8 Å². The molecule has 8 heteroatoms. The zero-order chi connectivity index (χ0) is 17.2. The third kappa shape index (κ3) is 4.15. The number of likely N-dealkylation sites (tertiary alicyclic amines) is 1. The fourth-order valence-electron chi connectivity index (χ4n) is 3.71. The Balaban J connectivity index is 1.48. The number of carbonyl (C=O) groups is 1. The molecule has 0 bridgehead atoms. The van der Waals surface area contributed by atoms with Crippen LogP contribution in [0.15, 0.2) is 18.5 Å². The summed E-state index contributed by atoms with van der Waals surface area (Å²) in [5, 5.41) is 0. The molecule has 0 N–H and O–H groups in total. The smallest absolute Gasteiger partial charge is 0.342 e. The lowest BCUT2D eigenvalue weighted by Crippen LogP contribution is -2.38. The normalized spacial score (nSPS) is 22.9. The van der Waals surface area contributed by atoms with E-state index in [-0.39, 0.29) is 0 Å². The lowest BCUT2D eigenvalue weighted by molar-refractivity contribution is -0.160. The van der Waals surface area contributed by atoms with Crippen molar-refractivity contribution in [3.8, 4) is 0 Å². The van der Waals surface area contributed by atoms with Crippen LogP contribution in [0.4, 0.5) is 19.1 Å². The number of hydrogen-bond donors (Lipinski definition) is 0. The Morgan fingerprint density at radius 2 is 1.71 bits per heavy atom. The second-order valence-electron chi connectivity index (χ2n) is 6.55. The minimum absolute atomic E-state index is 0.307. The SMILES string of the molecule is O=C(CC(F)(F)F)N1CC[C@H](C2CCN(c3ncccn3)CC2)C1. The second kappa shape index (κ2) is 6.94. The van der Waals surface area contributed by atoms with Gasteiger partial charge in [0.05, 0.1) is 0 Å². The van der Waals surface area contributed by atoms with Gasteiger partial charge in [-0.2, -0.15) is 13.2 Å². The molecule has 1 atom stereocenters. The van der Waals surface area contributed by atoms with Crippen molar-refractivity contribution >= 4 is 11.9 Å². The Bertz CT molecular complexity index is 558. The zero-order valence-electron chi connectivity index (χ0n) is 13.4. The maximum atomic E-state index is 12.4. The van der Waals surface area contributed by atoms with Crippen LogP contribution in [0.1, 0.15) is 25.7 Å². The maximum absolute atomic E-state index is 12.4. The van der Waals surface area contributed by atoms with Gasteiger partial charge in [-0.1, -0.05) is 0 Å². The number of carbonyl (C=O) groups excluding carboxylic acids is 1. The van der Waals surface area contributed by atoms with Crippen molar-refractivity contribution < 1.29 is 18.0 Å². The minimum Gasteiger partial charge on any atom is -0.342 e. The van der Waals surface area contributed by atoms with E-state index < -0.39 is 18.5 Å². The molecule has 2 saturated heterocycles. The first kappa shape index (κ1) is 17.0. The van der Waals surface area contributed by atoms with Gasteiger partial charge in [0, 0.05) is 38.6 Å². The molecule has 1 aromatic heterocycles. The molecule has 3 heterocycles. The summed E-state index contributed by atoms with van der Waals surface area (Å²) >= 11 is 0. The summed E-state index contributed by atoms with van der Waals surface area (Å²) in [5.41, 5.74) is 0. The van der Waals surface area contributed by atoms with E-state index in [0.29, 0.717) is 24.9 Å². The molecular formula is C16H21F3N4O. The minimum atomic E-state index is -4.42. The number of aromatic nitrogens is 2. The number of halogens is 3. The fraction of sp³-hybridized carbons (Fsp3) is 0.688. The molecule has 1 aromatic rings. The number of alkyl halides is 3. The molecule has 2 fully saturated rings. The van der Waals surface area contributed by atoms with Crippen molar-refractivity contribution in [3.63, 3.8) is 0 Å². The highest BCUT2D eigenvalue weighted by Crippen LogP contribution is 2.33. The summed E-state index contributed by atoms with van der Waals surface area (Å²) in [6, 6.07) is 1.78. The van der Waals surface area contributed by atoms with E-state index in [1.165, 1.54) is 4.90 Å². The molecule has 0 unspecified atom stereocenters. The summed E-state index contributed by atoms with van der Waals surface area (Å²) in [4.78, 5) is 23.7. The van der Waals surface area contributed by atoms with E-state index in [0.717, 1.165) is 38.3 Å². The third-order valence-electron chi connectivity index (χ3n) is 4.97. The molecule has 0 saturated carbocycles. The number of piperidine rings is 1. The van der Waals surface area contributed by atoms with Crippen LogP contribution < -0.4 is 4.90 Å². The van der Waals surface area contributed by atoms with E-state index in [1.54, 1.807) is 18.5 Å². The third-order valence-corrected chi connectivity index (χ3v) is 4.97. The average molecular weight is 342 g/mol. The summed E-state index contributed by atoms with van der Waals surface area (Å²) in [5.74, 6) is 0.694. The van der Waals surface area contributed by atoms with E-state index >= 15 is 0 Å². The number of hydrogen-bond acceptors (Lipinski definition) is 4. The van der Waals surface area contributed by atoms with Crippen LogP contribution in [0.5, 0.6) is 0 Å². The maximum Gasteiger partial charge on any atom is 0.397 e. The highest BCUT2D eigenvalue weighted by atomic mass is 19.4.